The summed E-state index contributed by atoms with van der Waals surface area (Å²) in [5.74, 6) is 5.49. The van der Waals surface area contributed by atoms with E-state index in [1.165, 1.54) is 12.4 Å². The van der Waals surface area contributed by atoms with Crippen LogP contribution in [0.15, 0.2) is 36.9 Å². The maximum Gasteiger partial charge on any atom is 0.127 e. The van der Waals surface area contributed by atoms with Crippen LogP contribution in [-0.2, 0) is 0 Å². The maximum atomic E-state index is 13.2. The average Bonchev–Trinajstić information content (AvgIpc) is 2.32. The van der Waals surface area contributed by atoms with E-state index in [1.54, 1.807) is 31.5 Å². The topological polar surface area (TPSA) is 25.8 Å². The fourth-order valence-electron chi connectivity index (χ4n) is 1.18. The molecule has 0 saturated heterocycles. The van der Waals surface area contributed by atoms with E-state index in [-0.39, 0.29) is 5.82 Å². The molecule has 0 saturated carbocycles. The third-order valence-electron chi connectivity index (χ3n) is 2.08. The van der Waals surface area contributed by atoms with Crippen LogP contribution in [0.1, 0.15) is 16.7 Å². The fourth-order valence-corrected chi connectivity index (χ4v) is 1.18. The van der Waals surface area contributed by atoms with Crippen molar-refractivity contribution in [3.63, 3.8) is 0 Å². The SMILES string of the molecule is Cc1ccc(C#Cc2cncnc2)cc1F. The molecule has 2 aromatic rings. The molecule has 78 valence electrons. The first-order valence-electron chi connectivity index (χ1n) is 4.79. The minimum atomic E-state index is -0.240. The summed E-state index contributed by atoms with van der Waals surface area (Å²) in [6.45, 7) is 1.72. The van der Waals surface area contributed by atoms with Crippen LogP contribution in [0.4, 0.5) is 4.39 Å². The highest BCUT2D eigenvalue weighted by molar-refractivity contribution is 5.42. The third-order valence-corrected chi connectivity index (χ3v) is 2.08. The maximum absolute atomic E-state index is 13.2. The molecule has 0 spiro atoms. The van der Waals surface area contributed by atoms with E-state index in [1.807, 2.05) is 0 Å². The molecule has 2 rings (SSSR count). The van der Waals surface area contributed by atoms with Gasteiger partial charge in [0.25, 0.3) is 0 Å². The largest absolute Gasteiger partial charge is 0.244 e. The second-order valence-electron chi connectivity index (χ2n) is 3.34. The molecule has 0 fully saturated rings. The van der Waals surface area contributed by atoms with E-state index in [2.05, 4.69) is 21.8 Å². The lowest BCUT2D eigenvalue weighted by Crippen LogP contribution is -1.84. The van der Waals surface area contributed by atoms with Gasteiger partial charge in [0.1, 0.15) is 12.1 Å². The minimum Gasteiger partial charge on any atom is -0.244 e. The molecule has 0 bridgehead atoms. The van der Waals surface area contributed by atoms with Crippen LogP contribution in [-0.4, -0.2) is 9.97 Å². The molecular formula is C13H9FN2. The number of halogens is 1. The molecular weight excluding hydrogens is 203 g/mol. The Hall–Kier alpha value is -2.21. The molecule has 0 aliphatic heterocycles. The van der Waals surface area contributed by atoms with Crippen molar-refractivity contribution in [3.8, 4) is 11.8 Å². The van der Waals surface area contributed by atoms with Gasteiger partial charge < -0.3 is 0 Å². The lowest BCUT2D eigenvalue weighted by Gasteiger charge is -1.95. The van der Waals surface area contributed by atoms with Crippen molar-refractivity contribution >= 4 is 0 Å². The number of aryl methyl sites for hydroxylation is 1. The molecule has 0 amide bonds. The monoisotopic (exact) mass is 212 g/mol. The van der Waals surface area contributed by atoms with Crippen LogP contribution in [0.3, 0.4) is 0 Å². The summed E-state index contributed by atoms with van der Waals surface area (Å²) >= 11 is 0. The quantitative estimate of drug-likeness (QED) is 0.626. The Bertz CT molecular complexity index is 553. The lowest BCUT2D eigenvalue weighted by atomic mass is 10.1. The summed E-state index contributed by atoms with van der Waals surface area (Å²) in [5.41, 5.74) is 1.98. The van der Waals surface area contributed by atoms with Gasteiger partial charge in [-0.15, -0.1) is 0 Å². The van der Waals surface area contributed by atoms with Gasteiger partial charge in [-0.05, 0) is 24.6 Å². The van der Waals surface area contributed by atoms with Crippen LogP contribution in [0, 0.1) is 24.6 Å². The van der Waals surface area contributed by atoms with Crippen LogP contribution in [0.25, 0.3) is 0 Å². The first-order chi connectivity index (χ1) is 7.75. The van der Waals surface area contributed by atoms with Gasteiger partial charge in [0.15, 0.2) is 0 Å². The Morgan fingerprint density at radius 2 is 1.75 bits per heavy atom. The van der Waals surface area contributed by atoms with Crippen molar-refractivity contribution in [2.75, 3.05) is 0 Å². The second kappa shape index (κ2) is 4.54. The molecule has 1 heterocycles. The molecule has 0 aliphatic rings. The van der Waals surface area contributed by atoms with E-state index in [4.69, 9.17) is 0 Å². The highest BCUT2D eigenvalue weighted by Gasteiger charge is 1.96. The molecule has 0 unspecified atom stereocenters. The predicted octanol–water partition coefficient (Wildman–Crippen LogP) is 2.32. The van der Waals surface area contributed by atoms with Crippen LogP contribution >= 0.6 is 0 Å². The van der Waals surface area contributed by atoms with Gasteiger partial charge in [-0.1, -0.05) is 17.9 Å². The zero-order chi connectivity index (χ0) is 11.4. The number of hydrogen-bond donors (Lipinski definition) is 0. The van der Waals surface area contributed by atoms with Crippen molar-refractivity contribution in [2.45, 2.75) is 6.92 Å². The molecule has 0 radical (unpaired) electrons. The van der Waals surface area contributed by atoms with Gasteiger partial charge in [-0.2, -0.15) is 0 Å². The zero-order valence-electron chi connectivity index (χ0n) is 8.74. The number of aromatic nitrogens is 2. The lowest BCUT2D eigenvalue weighted by molar-refractivity contribution is 0.618. The van der Waals surface area contributed by atoms with Crippen LogP contribution in [0.2, 0.25) is 0 Å². The van der Waals surface area contributed by atoms with Gasteiger partial charge >= 0.3 is 0 Å². The zero-order valence-corrected chi connectivity index (χ0v) is 8.74. The molecule has 0 N–H and O–H groups in total. The first kappa shape index (κ1) is 10.3. The Morgan fingerprint density at radius 1 is 1.06 bits per heavy atom. The van der Waals surface area contributed by atoms with Crippen molar-refractivity contribution in [2.24, 2.45) is 0 Å². The predicted molar refractivity (Wildman–Crippen MR) is 59.1 cm³/mol. The van der Waals surface area contributed by atoms with Crippen LogP contribution in [0.5, 0.6) is 0 Å². The molecule has 0 aliphatic carbocycles. The Labute approximate surface area is 93.2 Å². The molecule has 2 nitrogen and oxygen atoms in total. The fraction of sp³-hybridized carbons (Fsp3) is 0.0769. The molecule has 1 aromatic carbocycles. The Morgan fingerprint density at radius 3 is 2.44 bits per heavy atom. The number of hydrogen-bond acceptors (Lipinski definition) is 2. The molecule has 1 aromatic heterocycles. The molecule has 16 heavy (non-hydrogen) atoms. The summed E-state index contributed by atoms with van der Waals surface area (Å²) in [6.07, 6.45) is 4.67. The van der Waals surface area contributed by atoms with Crippen molar-refractivity contribution in [3.05, 3.63) is 59.4 Å². The average molecular weight is 212 g/mol. The van der Waals surface area contributed by atoms with E-state index in [0.717, 1.165) is 0 Å². The first-order valence-corrected chi connectivity index (χ1v) is 4.79. The Balaban J connectivity index is 2.28. The summed E-state index contributed by atoms with van der Waals surface area (Å²) in [4.78, 5) is 7.68. The van der Waals surface area contributed by atoms with E-state index < -0.39 is 0 Å². The van der Waals surface area contributed by atoms with Gasteiger partial charge in [-0.3, -0.25) is 0 Å². The van der Waals surface area contributed by atoms with E-state index in [9.17, 15) is 4.39 Å². The number of nitrogens with zero attached hydrogens (tertiary/aromatic N) is 2. The standard InChI is InChI=1S/C13H9FN2/c1-10-2-3-11(6-13(10)14)4-5-12-7-15-9-16-8-12/h2-3,6-9H,1H3. The van der Waals surface area contributed by atoms with E-state index in [0.29, 0.717) is 16.7 Å². The van der Waals surface area contributed by atoms with Gasteiger partial charge in [0.05, 0.1) is 5.56 Å². The normalized spacial score (nSPS) is 9.38. The minimum absolute atomic E-state index is 0.240. The second-order valence-corrected chi connectivity index (χ2v) is 3.34. The van der Waals surface area contributed by atoms with Crippen molar-refractivity contribution in [1.82, 2.24) is 9.97 Å². The Kier molecular flexibility index (Phi) is 2.93. The summed E-state index contributed by atoms with van der Waals surface area (Å²) in [6, 6.07) is 4.92. The molecule has 0 atom stereocenters. The smallest absolute Gasteiger partial charge is 0.127 e. The summed E-state index contributed by atoms with van der Waals surface area (Å²) in [7, 11) is 0. The molecule has 3 heteroatoms. The number of benzene rings is 1. The van der Waals surface area contributed by atoms with Crippen molar-refractivity contribution in [1.29, 1.82) is 0 Å². The summed E-state index contributed by atoms with van der Waals surface area (Å²) < 4.78 is 13.2. The highest BCUT2D eigenvalue weighted by Crippen LogP contribution is 2.08. The third kappa shape index (κ3) is 2.43. The summed E-state index contributed by atoms with van der Waals surface area (Å²) in [5, 5.41) is 0. The van der Waals surface area contributed by atoms with Gasteiger partial charge in [0, 0.05) is 18.0 Å². The van der Waals surface area contributed by atoms with Gasteiger partial charge in [-0.25, -0.2) is 14.4 Å². The van der Waals surface area contributed by atoms with E-state index >= 15 is 0 Å². The van der Waals surface area contributed by atoms with Gasteiger partial charge in [0.2, 0.25) is 0 Å². The highest BCUT2D eigenvalue weighted by atomic mass is 19.1. The number of rotatable bonds is 0. The van der Waals surface area contributed by atoms with Crippen LogP contribution < -0.4 is 0 Å². The van der Waals surface area contributed by atoms with Crippen molar-refractivity contribution < 1.29 is 4.39 Å².